The average molecular weight is 841 g/mol. The van der Waals surface area contributed by atoms with Crippen LogP contribution in [-0.4, -0.2) is 85.7 Å². The summed E-state index contributed by atoms with van der Waals surface area (Å²) in [7, 11) is -0.979. The monoisotopic (exact) mass is 840 g/mol. The maximum absolute atomic E-state index is 13.5. The van der Waals surface area contributed by atoms with Crippen molar-refractivity contribution in [3.63, 3.8) is 0 Å². The van der Waals surface area contributed by atoms with Crippen molar-refractivity contribution in [1.82, 2.24) is 0 Å². The number of rotatable bonds is 16. The van der Waals surface area contributed by atoms with Crippen molar-refractivity contribution in [2.75, 3.05) is 20.8 Å². The summed E-state index contributed by atoms with van der Waals surface area (Å²) in [5.41, 5.74) is 2.17. The molecule has 1 saturated heterocycles. The highest BCUT2D eigenvalue weighted by molar-refractivity contribution is 6.74. The maximum Gasteiger partial charge on any atom is 0.338 e. The highest BCUT2D eigenvalue weighted by Crippen LogP contribution is 2.41. The summed E-state index contributed by atoms with van der Waals surface area (Å²) in [4.78, 5) is 26.8. The van der Waals surface area contributed by atoms with Crippen LogP contribution in [0, 0.1) is 0 Å². The minimum atomic E-state index is -2.16. The van der Waals surface area contributed by atoms with E-state index in [1.165, 1.54) is 5.57 Å². The van der Waals surface area contributed by atoms with Crippen molar-refractivity contribution in [1.29, 1.82) is 0 Å². The summed E-state index contributed by atoms with van der Waals surface area (Å²) >= 11 is 0. The predicted octanol–water partition coefficient (Wildman–Crippen LogP) is 11.1. The lowest BCUT2D eigenvalue weighted by Crippen LogP contribution is -2.46. The molecule has 0 unspecified atom stereocenters. The molecule has 0 amide bonds. The molecule has 2 aliphatic rings. The van der Waals surface area contributed by atoms with Crippen molar-refractivity contribution in [2.45, 2.75) is 173 Å². The first-order valence-corrected chi connectivity index (χ1v) is 26.8. The van der Waals surface area contributed by atoms with Crippen molar-refractivity contribution in [3.8, 4) is 11.5 Å². The number of methoxy groups -OCH3 is 2. The SMILES string of the molecule is COc1ccc(C(=O)O[C@H](CCO[Si](C)(C)C(C)(C)C)C[C@@H]2C[C@@H](CC3=CC[C@H](OC(=O)c4ccc(OC)cc4)C[C@H](O[Si](C)(C)C(C)(C)C)C3)OC(C)(C)O2)cc1. The van der Waals surface area contributed by atoms with Gasteiger partial charge in [0.2, 0.25) is 0 Å². The second-order valence-corrected chi connectivity index (χ2v) is 29.1. The second-order valence-electron chi connectivity index (χ2n) is 19.5. The first kappa shape index (κ1) is 47.7. The van der Waals surface area contributed by atoms with Crippen LogP contribution in [0.25, 0.3) is 0 Å². The molecular weight excluding hydrogens is 769 g/mol. The molecule has 2 aromatic carbocycles. The Morgan fingerprint density at radius 2 is 1.29 bits per heavy atom. The molecule has 12 heteroatoms. The number of carbonyl (C=O) groups is 2. The van der Waals surface area contributed by atoms with Gasteiger partial charge in [0.25, 0.3) is 0 Å². The Morgan fingerprint density at radius 3 is 1.83 bits per heavy atom. The molecule has 1 aliphatic carbocycles. The van der Waals surface area contributed by atoms with Crippen LogP contribution in [0.1, 0.15) is 121 Å². The summed E-state index contributed by atoms with van der Waals surface area (Å²) in [6, 6.07) is 14.0. The van der Waals surface area contributed by atoms with E-state index in [1.807, 2.05) is 13.8 Å². The van der Waals surface area contributed by atoms with Crippen LogP contribution in [0.5, 0.6) is 11.5 Å². The van der Waals surface area contributed by atoms with Crippen LogP contribution < -0.4 is 9.47 Å². The summed E-state index contributed by atoms with van der Waals surface area (Å²) in [5.74, 6) is -0.241. The van der Waals surface area contributed by atoms with E-state index in [2.05, 4.69) is 73.8 Å². The van der Waals surface area contributed by atoms with Gasteiger partial charge in [-0.25, -0.2) is 9.59 Å². The Balaban J connectivity index is 1.52. The zero-order valence-electron chi connectivity index (χ0n) is 37.8. The summed E-state index contributed by atoms with van der Waals surface area (Å²) in [6.07, 6.45) is 5.26. The zero-order chi connectivity index (χ0) is 43.1. The molecule has 1 heterocycles. The molecule has 10 nitrogen and oxygen atoms in total. The van der Waals surface area contributed by atoms with E-state index >= 15 is 0 Å². The van der Waals surface area contributed by atoms with Gasteiger partial charge in [-0.2, -0.15) is 0 Å². The Morgan fingerprint density at radius 1 is 0.759 bits per heavy atom. The fraction of sp³-hybridized carbons (Fsp3) is 0.652. The summed E-state index contributed by atoms with van der Waals surface area (Å²) < 4.78 is 49.7. The summed E-state index contributed by atoms with van der Waals surface area (Å²) in [5, 5.41) is 0.0750. The fourth-order valence-electron chi connectivity index (χ4n) is 6.95. The average Bonchev–Trinajstić information content (AvgIpc) is 3.30. The topological polar surface area (TPSA) is 108 Å². The third-order valence-electron chi connectivity index (χ3n) is 12.3. The Hall–Kier alpha value is -3.01. The highest BCUT2D eigenvalue weighted by Gasteiger charge is 2.42. The van der Waals surface area contributed by atoms with Gasteiger partial charge in [0.15, 0.2) is 22.4 Å². The molecule has 0 spiro atoms. The van der Waals surface area contributed by atoms with Crippen LogP contribution >= 0.6 is 0 Å². The third kappa shape index (κ3) is 13.8. The van der Waals surface area contributed by atoms with E-state index in [0.29, 0.717) is 67.8 Å². The van der Waals surface area contributed by atoms with Crippen LogP contribution in [-0.2, 0) is 27.8 Å². The zero-order valence-corrected chi connectivity index (χ0v) is 39.8. The standard InChI is InChI=1S/C46H72O10Si2/c1-44(2,3)57(11,12)51-26-25-38(53-43(48)34-18-23-36(50-10)24-19-34)29-40-31-39(54-46(7,8)55-40)27-32-15-20-37(30-41(28-32)56-58(13,14)45(4,5)6)52-42(47)33-16-21-35(49-9)22-17-33/h15-19,21-24,37-41H,20,25-31H2,1-14H3/t37-,38+,39+,40+,41+/m0/s1. The Kier molecular flexibility index (Phi) is 16.1. The van der Waals surface area contributed by atoms with Crippen LogP contribution in [0.4, 0.5) is 0 Å². The molecule has 324 valence electrons. The molecule has 0 saturated carbocycles. The van der Waals surface area contributed by atoms with Crippen molar-refractivity contribution < 1.29 is 46.9 Å². The van der Waals surface area contributed by atoms with Gasteiger partial charge in [-0.15, -0.1) is 0 Å². The number of hydrogen-bond acceptors (Lipinski definition) is 10. The van der Waals surface area contributed by atoms with Crippen molar-refractivity contribution >= 4 is 28.6 Å². The summed E-state index contributed by atoms with van der Waals surface area (Å²) in [6.45, 7) is 26.8. The molecule has 0 N–H and O–H groups in total. The van der Waals surface area contributed by atoms with E-state index in [4.69, 9.17) is 37.3 Å². The molecule has 5 atom stereocenters. The lowest BCUT2D eigenvalue weighted by molar-refractivity contribution is -0.302. The lowest BCUT2D eigenvalue weighted by atomic mass is 9.94. The van der Waals surface area contributed by atoms with E-state index in [9.17, 15) is 9.59 Å². The molecule has 2 aromatic rings. The van der Waals surface area contributed by atoms with E-state index in [1.54, 1.807) is 62.8 Å². The van der Waals surface area contributed by atoms with E-state index < -0.39 is 28.5 Å². The molecule has 0 bridgehead atoms. The van der Waals surface area contributed by atoms with Gasteiger partial charge in [0.1, 0.15) is 23.7 Å². The van der Waals surface area contributed by atoms with Crippen molar-refractivity contribution in [2.24, 2.45) is 0 Å². The first-order chi connectivity index (χ1) is 26.9. The number of benzene rings is 2. The van der Waals surface area contributed by atoms with Gasteiger partial charge < -0.3 is 37.3 Å². The first-order valence-electron chi connectivity index (χ1n) is 21.0. The van der Waals surface area contributed by atoms with Gasteiger partial charge in [-0.3, -0.25) is 0 Å². The molecule has 1 fully saturated rings. The molecule has 1 aliphatic heterocycles. The number of carbonyl (C=O) groups excluding carboxylic acids is 2. The van der Waals surface area contributed by atoms with E-state index in [-0.39, 0.29) is 46.4 Å². The minimum absolute atomic E-state index is 0.0165. The normalized spacial score (nSPS) is 22.3. The molecule has 0 radical (unpaired) electrons. The van der Waals surface area contributed by atoms with Crippen LogP contribution in [0.3, 0.4) is 0 Å². The van der Waals surface area contributed by atoms with Gasteiger partial charge in [-0.05, 0) is 111 Å². The van der Waals surface area contributed by atoms with Crippen LogP contribution in [0.2, 0.25) is 36.3 Å². The van der Waals surface area contributed by atoms with Gasteiger partial charge in [0, 0.05) is 38.7 Å². The lowest BCUT2D eigenvalue weighted by Gasteiger charge is -2.42. The number of hydrogen-bond donors (Lipinski definition) is 0. The van der Waals surface area contributed by atoms with Crippen molar-refractivity contribution in [3.05, 3.63) is 71.3 Å². The molecule has 0 aromatic heterocycles. The van der Waals surface area contributed by atoms with Gasteiger partial charge >= 0.3 is 11.9 Å². The molecule has 4 rings (SSSR count). The maximum atomic E-state index is 13.5. The fourth-order valence-corrected chi connectivity index (χ4v) is 9.38. The van der Waals surface area contributed by atoms with Gasteiger partial charge in [0.05, 0.1) is 43.7 Å². The number of esters is 2. The van der Waals surface area contributed by atoms with E-state index in [0.717, 1.165) is 6.42 Å². The minimum Gasteiger partial charge on any atom is -0.497 e. The van der Waals surface area contributed by atoms with Gasteiger partial charge in [-0.1, -0.05) is 53.2 Å². The largest absolute Gasteiger partial charge is 0.497 e. The quantitative estimate of drug-likeness (QED) is 0.0921. The smallest absolute Gasteiger partial charge is 0.338 e. The second kappa shape index (κ2) is 19.6. The Bertz CT molecular complexity index is 1670. The third-order valence-corrected chi connectivity index (χ3v) is 21.4. The Labute approximate surface area is 350 Å². The molecular formula is C46H72O10Si2. The highest BCUT2D eigenvalue weighted by atomic mass is 28.4. The molecule has 58 heavy (non-hydrogen) atoms. The predicted molar refractivity (Wildman–Crippen MR) is 234 cm³/mol. The van der Waals surface area contributed by atoms with Crippen LogP contribution in [0.15, 0.2) is 60.2 Å². The number of ether oxygens (including phenoxy) is 6.